The van der Waals surface area contributed by atoms with E-state index in [2.05, 4.69) is 33.6 Å². The second-order valence-electron chi connectivity index (χ2n) is 8.34. The van der Waals surface area contributed by atoms with Crippen LogP contribution in [-0.2, 0) is 0 Å². The standard InChI is InChI=1S/C28H24N4O/c1-18-9-12-22(13-10-18)27-30-26(31-32(27)25-16-19(2)8-11-20(25)3)28(33)29-24-15-14-21-6-4-5-7-23(21)17-24/h4-17H,1-3H3,(H,29,33). The Kier molecular flexibility index (Phi) is 5.23. The van der Waals surface area contributed by atoms with Gasteiger partial charge in [0, 0.05) is 11.3 Å². The molecule has 1 heterocycles. The van der Waals surface area contributed by atoms with Crippen LogP contribution in [0.3, 0.4) is 0 Å². The summed E-state index contributed by atoms with van der Waals surface area (Å²) in [5, 5.41) is 9.76. The zero-order valence-corrected chi connectivity index (χ0v) is 18.8. The Bertz CT molecular complexity index is 1480. The van der Waals surface area contributed by atoms with Gasteiger partial charge >= 0.3 is 0 Å². The average Bonchev–Trinajstić information content (AvgIpc) is 3.26. The zero-order valence-electron chi connectivity index (χ0n) is 18.8. The van der Waals surface area contributed by atoms with Crippen LogP contribution in [0.1, 0.15) is 27.3 Å². The highest BCUT2D eigenvalue weighted by Gasteiger charge is 2.20. The third-order valence-electron chi connectivity index (χ3n) is 5.72. The van der Waals surface area contributed by atoms with E-state index in [1.54, 1.807) is 4.68 Å². The van der Waals surface area contributed by atoms with Crippen LogP contribution in [0.2, 0.25) is 0 Å². The lowest BCUT2D eigenvalue weighted by molar-refractivity contribution is 0.101. The Labute approximate surface area is 192 Å². The van der Waals surface area contributed by atoms with E-state index in [1.165, 1.54) is 0 Å². The minimum absolute atomic E-state index is 0.125. The van der Waals surface area contributed by atoms with E-state index >= 15 is 0 Å². The molecule has 0 aliphatic heterocycles. The van der Waals surface area contributed by atoms with Gasteiger partial charge in [-0.2, -0.15) is 0 Å². The van der Waals surface area contributed by atoms with Gasteiger partial charge in [0.2, 0.25) is 5.82 Å². The van der Waals surface area contributed by atoms with Crippen molar-refractivity contribution in [1.29, 1.82) is 0 Å². The molecule has 4 aromatic carbocycles. The highest BCUT2D eigenvalue weighted by molar-refractivity contribution is 6.03. The van der Waals surface area contributed by atoms with Gasteiger partial charge in [-0.05, 0) is 60.9 Å². The SMILES string of the molecule is Cc1ccc(-c2nc(C(=O)Nc3ccc4ccccc4c3)nn2-c2cc(C)ccc2C)cc1. The topological polar surface area (TPSA) is 59.8 Å². The number of rotatable bonds is 4. The molecule has 162 valence electrons. The molecule has 0 aliphatic carbocycles. The van der Waals surface area contributed by atoms with Gasteiger partial charge in [-0.1, -0.05) is 72.3 Å². The maximum absolute atomic E-state index is 13.1. The summed E-state index contributed by atoms with van der Waals surface area (Å²) in [7, 11) is 0. The second kappa shape index (κ2) is 8.36. The number of benzene rings is 4. The van der Waals surface area contributed by atoms with E-state index in [4.69, 9.17) is 0 Å². The fourth-order valence-corrected chi connectivity index (χ4v) is 3.87. The first-order chi connectivity index (χ1) is 16.0. The smallest absolute Gasteiger partial charge is 0.295 e. The third kappa shape index (κ3) is 4.13. The molecule has 0 radical (unpaired) electrons. The van der Waals surface area contributed by atoms with E-state index in [0.29, 0.717) is 11.5 Å². The number of hydrogen-bond acceptors (Lipinski definition) is 3. The van der Waals surface area contributed by atoms with Crippen molar-refractivity contribution < 1.29 is 4.79 Å². The molecule has 5 rings (SSSR count). The molecular weight excluding hydrogens is 408 g/mol. The van der Waals surface area contributed by atoms with Gasteiger partial charge in [-0.15, -0.1) is 5.10 Å². The summed E-state index contributed by atoms with van der Waals surface area (Å²) in [5.41, 5.74) is 5.84. The largest absolute Gasteiger partial charge is 0.319 e. The maximum Gasteiger partial charge on any atom is 0.295 e. The lowest BCUT2D eigenvalue weighted by Crippen LogP contribution is -2.14. The van der Waals surface area contributed by atoms with Gasteiger partial charge in [-0.3, -0.25) is 4.79 Å². The van der Waals surface area contributed by atoms with Crippen molar-refractivity contribution in [2.24, 2.45) is 0 Å². The van der Waals surface area contributed by atoms with Crippen LogP contribution in [0.25, 0.3) is 27.8 Å². The monoisotopic (exact) mass is 432 g/mol. The zero-order chi connectivity index (χ0) is 22.9. The fraction of sp³-hybridized carbons (Fsp3) is 0.107. The molecule has 5 nitrogen and oxygen atoms in total. The van der Waals surface area contributed by atoms with Crippen molar-refractivity contribution in [2.45, 2.75) is 20.8 Å². The maximum atomic E-state index is 13.1. The molecule has 33 heavy (non-hydrogen) atoms. The van der Waals surface area contributed by atoms with Crippen LogP contribution >= 0.6 is 0 Å². The molecule has 5 heteroatoms. The summed E-state index contributed by atoms with van der Waals surface area (Å²) in [6, 6.07) is 28.1. The lowest BCUT2D eigenvalue weighted by Gasteiger charge is -2.10. The molecule has 0 saturated heterocycles. The van der Waals surface area contributed by atoms with Crippen LogP contribution in [0.15, 0.2) is 84.9 Å². The molecule has 0 spiro atoms. The number of nitrogens with zero attached hydrogens (tertiary/aromatic N) is 3. The van der Waals surface area contributed by atoms with E-state index in [9.17, 15) is 4.79 Å². The molecule has 0 unspecified atom stereocenters. The molecule has 0 saturated carbocycles. The minimum atomic E-state index is -0.345. The Morgan fingerprint density at radius 1 is 0.788 bits per heavy atom. The number of carbonyl (C=O) groups excluding carboxylic acids is 1. The number of fused-ring (bicyclic) bond motifs is 1. The summed E-state index contributed by atoms with van der Waals surface area (Å²) in [6.45, 7) is 6.12. The third-order valence-corrected chi connectivity index (χ3v) is 5.72. The quantitative estimate of drug-likeness (QED) is 0.364. The molecule has 5 aromatic rings. The molecule has 0 atom stereocenters. The lowest BCUT2D eigenvalue weighted by atomic mass is 10.1. The van der Waals surface area contributed by atoms with Gasteiger partial charge < -0.3 is 5.32 Å². The van der Waals surface area contributed by atoms with Crippen molar-refractivity contribution >= 4 is 22.4 Å². The van der Waals surface area contributed by atoms with Crippen molar-refractivity contribution in [3.63, 3.8) is 0 Å². The number of aryl methyl sites for hydroxylation is 3. The van der Waals surface area contributed by atoms with Gasteiger partial charge in [-0.25, -0.2) is 9.67 Å². The van der Waals surface area contributed by atoms with Gasteiger partial charge in [0.05, 0.1) is 5.69 Å². The average molecular weight is 433 g/mol. The highest BCUT2D eigenvalue weighted by atomic mass is 16.2. The molecule has 0 bridgehead atoms. The predicted octanol–water partition coefficient (Wildman–Crippen LogP) is 6.27. The van der Waals surface area contributed by atoms with Crippen molar-refractivity contribution in [3.8, 4) is 17.1 Å². The summed E-state index contributed by atoms with van der Waals surface area (Å²) in [5.74, 6) is 0.412. The van der Waals surface area contributed by atoms with Crippen molar-refractivity contribution in [2.75, 3.05) is 5.32 Å². The van der Waals surface area contributed by atoms with Crippen LogP contribution in [0, 0.1) is 20.8 Å². The molecule has 1 aromatic heterocycles. The van der Waals surface area contributed by atoms with Crippen LogP contribution < -0.4 is 5.32 Å². The number of hydrogen-bond donors (Lipinski definition) is 1. The Hall–Kier alpha value is -4.25. The van der Waals surface area contributed by atoms with E-state index in [0.717, 1.165) is 38.7 Å². The summed E-state index contributed by atoms with van der Waals surface area (Å²) in [4.78, 5) is 17.8. The highest BCUT2D eigenvalue weighted by Crippen LogP contribution is 2.25. The van der Waals surface area contributed by atoms with Gasteiger partial charge in [0.15, 0.2) is 5.82 Å². The number of anilines is 1. The second-order valence-corrected chi connectivity index (χ2v) is 8.34. The Morgan fingerprint density at radius 2 is 1.52 bits per heavy atom. The van der Waals surface area contributed by atoms with Gasteiger partial charge in [0.1, 0.15) is 0 Å². The fourth-order valence-electron chi connectivity index (χ4n) is 3.87. The van der Waals surface area contributed by atoms with Crippen LogP contribution in [-0.4, -0.2) is 20.7 Å². The van der Waals surface area contributed by atoms with Crippen molar-refractivity contribution in [3.05, 3.63) is 107 Å². The van der Waals surface area contributed by atoms with Crippen LogP contribution in [0.4, 0.5) is 5.69 Å². The van der Waals surface area contributed by atoms with Crippen molar-refractivity contribution in [1.82, 2.24) is 14.8 Å². The first-order valence-corrected chi connectivity index (χ1v) is 10.9. The molecule has 1 amide bonds. The molecule has 0 fully saturated rings. The van der Waals surface area contributed by atoms with E-state index < -0.39 is 0 Å². The first-order valence-electron chi connectivity index (χ1n) is 10.9. The number of carbonyl (C=O) groups is 1. The molecule has 1 N–H and O–H groups in total. The van der Waals surface area contributed by atoms with E-state index in [1.807, 2.05) is 87.5 Å². The normalized spacial score (nSPS) is 11.0. The Morgan fingerprint density at radius 3 is 2.30 bits per heavy atom. The molecule has 0 aliphatic rings. The Balaban J connectivity index is 1.56. The van der Waals surface area contributed by atoms with Crippen LogP contribution in [0.5, 0.6) is 0 Å². The minimum Gasteiger partial charge on any atom is -0.319 e. The van der Waals surface area contributed by atoms with E-state index in [-0.39, 0.29) is 11.7 Å². The predicted molar refractivity (Wildman–Crippen MR) is 133 cm³/mol. The molecular formula is C28H24N4O. The number of aromatic nitrogens is 3. The number of nitrogens with one attached hydrogen (secondary N) is 1. The number of amides is 1. The summed E-state index contributed by atoms with van der Waals surface area (Å²) >= 11 is 0. The van der Waals surface area contributed by atoms with Gasteiger partial charge in [0.25, 0.3) is 5.91 Å². The summed E-state index contributed by atoms with van der Waals surface area (Å²) in [6.07, 6.45) is 0. The first kappa shape index (κ1) is 20.6. The summed E-state index contributed by atoms with van der Waals surface area (Å²) < 4.78 is 1.77.